The van der Waals surface area contributed by atoms with Crippen molar-refractivity contribution in [2.45, 2.75) is 6.18 Å². The van der Waals surface area contributed by atoms with Gasteiger partial charge in [-0.25, -0.2) is 9.10 Å². The molecule has 2 rings (SSSR count). The summed E-state index contributed by atoms with van der Waals surface area (Å²) in [5, 5.41) is 2.31. The van der Waals surface area contributed by atoms with Crippen LogP contribution < -0.4 is 15.4 Å². The molecule has 0 saturated carbocycles. The van der Waals surface area contributed by atoms with E-state index in [1.807, 2.05) is 0 Å². The lowest BCUT2D eigenvalue weighted by Gasteiger charge is -2.17. The van der Waals surface area contributed by atoms with E-state index in [1.54, 1.807) is 0 Å². The first kappa shape index (κ1) is 17.7. The number of nitrogens with zero attached hydrogens (tertiary/aromatic N) is 1. The first-order valence-corrected chi connectivity index (χ1v) is 6.95. The molecule has 0 atom stereocenters. The lowest BCUT2D eigenvalue weighted by Crippen LogP contribution is -2.27. The molecule has 9 heteroatoms. The SMILES string of the molecule is NC(=O)c1ccc(N(S)C(=O)Nc2cccc(C(F)(F)F)c2)cc1. The van der Waals surface area contributed by atoms with Gasteiger partial charge in [-0.15, -0.1) is 0 Å². The topological polar surface area (TPSA) is 75.4 Å². The number of nitrogens with two attached hydrogens (primary N) is 1. The van der Waals surface area contributed by atoms with Crippen LogP contribution in [0.5, 0.6) is 0 Å². The molecule has 0 bridgehead atoms. The van der Waals surface area contributed by atoms with E-state index in [1.165, 1.54) is 36.4 Å². The molecule has 0 unspecified atom stereocenters. The van der Waals surface area contributed by atoms with E-state index in [0.717, 1.165) is 16.4 Å². The molecule has 0 radical (unpaired) electrons. The van der Waals surface area contributed by atoms with E-state index in [9.17, 15) is 22.8 Å². The number of halogens is 3. The average molecular weight is 355 g/mol. The molecule has 3 amide bonds. The number of hydrogen-bond donors (Lipinski definition) is 3. The summed E-state index contributed by atoms with van der Waals surface area (Å²) in [6.07, 6.45) is -4.51. The number of rotatable bonds is 3. The Labute approximate surface area is 140 Å². The number of nitrogens with one attached hydrogen (secondary N) is 1. The van der Waals surface area contributed by atoms with E-state index in [0.29, 0.717) is 5.69 Å². The molecule has 0 aliphatic carbocycles. The first-order chi connectivity index (χ1) is 11.2. The number of benzene rings is 2. The quantitative estimate of drug-likeness (QED) is 0.735. The monoisotopic (exact) mass is 355 g/mol. The number of carbonyl (C=O) groups is 2. The van der Waals surface area contributed by atoms with Gasteiger partial charge in [0.2, 0.25) is 5.91 Å². The highest BCUT2D eigenvalue weighted by Crippen LogP contribution is 2.30. The Morgan fingerprint density at radius 3 is 2.25 bits per heavy atom. The second-order valence-electron chi connectivity index (χ2n) is 4.73. The molecule has 126 valence electrons. The van der Waals surface area contributed by atoms with Crippen molar-refractivity contribution in [1.29, 1.82) is 0 Å². The van der Waals surface area contributed by atoms with Gasteiger partial charge in [0.1, 0.15) is 0 Å². The molecular formula is C15H12F3N3O2S. The fourth-order valence-corrected chi connectivity index (χ4v) is 2.02. The van der Waals surface area contributed by atoms with Crippen LogP contribution in [-0.4, -0.2) is 11.9 Å². The normalized spacial score (nSPS) is 11.0. The minimum Gasteiger partial charge on any atom is -0.366 e. The average Bonchev–Trinajstić information content (AvgIpc) is 2.53. The summed E-state index contributed by atoms with van der Waals surface area (Å²) in [5.41, 5.74) is 4.77. The van der Waals surface area contributed by atoms with Crippen LogP contribution in [0.1, 0.15) is 15.9 Å². The number of thiol groups is 1. The Morgan fingerprint density at radius 1 is 1.08 bits per heavy atom. The molecule has 2 aromatic rings. The second kappa shape index (κ2) is 6.83. The van der Waals surface area contributed by atoms with Gasteiger partial charge in [0.15, 0.2) is 0 Å². The summed E-state index contributed by atoms with van der Waals surface area (Å²) in [6, 6.07) is 9.12. The second-order valence-corrected chi connectivity index (χ2v) is 5.13. The molecule has 0 spiro atoms. The third kappa shape index (κ3) is 4.19. The van der Waals surface area contributed by atoms with Gasteiger partial charge in [-0.3, -0.25) is 4.79 Å². The van der Waals surface area contributed by atoms with Gasteiger partial charge < -0.3 is 11.1 Å². The Morgan fingerprint density at radius 2 is 1.71 bits per heavy atom. The predicted octanol–water partition coefficient (Wildman–Crippen LogP) is 3.69. The first-order valence-electron chi connectivity index (χ1n) is 6.55. The number of primary amides is 1. The van der Waals surface area contributed by atoms with E-state index >= 15 is 0 Å². The van der Waals surface area contributed by atoms with Crippen LogP contribution in [0, 0.1) is 0 Å². The Bertz CT molecular complexity index is 763. The smallest absolute Gasteiger partial charge is 0.366 e. The van der Waals surface area contributed by atoms with Crippen molar-refractivity contribution in [2.24, 2.45) is 5.73 Å². The van der Waals surface area contributed by atoms with Gasteiger partial charge >= 0.3 is 12.2 Å². The van der Waals surface area contributed by atoms with E-state index < -0.39 is 23.7 Å². The molecule has 0 saturated heterocycles. The van der Waals surface area contributed by atoms with E-state index in [-0.39, 0.29) is 11.3 Å². The highest BCUT2D eigenvalue weighted by molar-refractivity contribution is 7.82. The Kier molecular flexibility index (Phi) is 5.03. The molecule has 24 heavy (non-hydrogen) atoms. The standard InChI is InChI=1S/C15H12F3N3O2S/c16-15(17,18)10-2-1-3-11(8-10)20-14(23)21(24)12-6-4-9(5-7-12)13(19)22/h1-8,24H,(H2,19,22)(H,20,23). The van der Waals surface area contributed by atoms with Crippen molar-refractivity contribution in [2.75, 3.05) is 9.62 Å². The molecule has 0 aromatic heterocycles. The van der Waals surface area contributed by atoms with Crippen molar-refractivity contribution in [3.63, 3.8) is 0 Å². The highest BCUT2D eigenvalue weighted by Gasteiger charge is 2.30. The van der Waals surface area contributed by atoms with Gasteiger partial charge in [-0.1, -0.05) is 18.9 Å². The van der Waals surface area contributed by atoms with Crippen molar-refractivity contribution in [1.82, 2.24) is 0 Å². The lowest BCUT2D eigenvalue weighted by atomic mass is 10.2. The fourth-order valence-electron chi connectivity index (χ4n) is 1.83. The van der Waals surface area contributed by atoms with Gasteiger partial charge in [0.25, 0.3) is 0 Å². The summed E-state index contributed by atoms with van der Waals surface area (Å²) >= 11 is 4.00. The zero-order valence-corrected chi connectivity index (χ0v) is 12.9. The molecule has 0 heterocycles. The fraction of sp³-hybridized carbons (Fsp3) is 0.0667. The lowest BCUT2D eigenvalue weighted by molar-refractivity contribution is -0.137. The van der Waals surface area contributed by atoms with Gasteiger partial charge in [-0.2, -0.15) is 13.2 Å². The molecule has 0 aliphatic heterocycles. The summed E-state index contributed by atoms with van der Waals surface area (Å²) in [6.45, 7) is 0. The van der Waals surface area contributed by atoms with Crippen molar-refractivity contribution in [3.8, 4) is 0 Å². The van der Waals surface area contributed by atoms with Crippen LogP contribution in [0.4, 0.5) is 29.3 Å². The third-order valence-corrected chi connectivity index (χ3v) is 3.44. The van der Waals surface area contributed by atoms with Crippen LogP contribution >= 0.6 is 12.8 Å². The maximum absolute atomic E-state index is 12.7. The number of anilines is 2. The predicted molar refractivity (Wildman–Crippen MR) is 86.9 cm³/mol. The maximum Gasteiger partial charge on any atom is 0.416 e. The number of carbonyl (C=O) groups excluding carboxylic acids is 2. The Balaban J connectivity index is 2.13. The van der Waals surface area contributed by atoms with E-state index in [2.05, 4.69) is 18.1 Å². The number of hydrogen-bond acceptors (Lipinski definition) is 3. The molecule has 2 aromatic carbocycles. The Hall–Kier alpha value is -2.68. The zero-order valence-electron chi connectivity index (χ0n) is 12.0. The van der Waals surface area contributed by atoms with Crippen molar-refractivity contribution in [3.05, 3.63) is 59.7 Å². The van der Waals surface area contributed by atoms with Crippen molar-refractivity contribution < 1.29 is 22.8 Å². The molecule has 0 fully saturated rings. The number of urea groups is 1. The summed E-state index contributed by atoms with van der Waals surface area (Å²) in [4.78, 5) is 23.0. The van der Waals surface area contributed by atoms with Crippen LogP contribution in [0.15, 0.2) is 48.5 Å². The maximum atomic E-state index is 12.7. The van der Waals surface area contributed by atoms with Gasteiger partial charge in [-0.05, 0) is 42.5 Å². The van der Waals surface area contributed by atoms with Crippen LogP contribution in [-0.2, 0) is 6.18 Å². The van der Waals surface area contributed by atoms with Crippen LogP contribution in [0.3, 0.4) is 0 Å². The van der Waals surface area contributed by atoms with Crippen LogP contribution in [0.2, 0.25) is 0 Å². The third-order valence-electron chi connectivity index (χ3n) is 3.03. The zero-order chi connectivity index (χ0) is 17.9. The van der Waals surface area contributed by atoms with E-state index in [4.69, 9.17) is 5.73 Å². The largest absolute Gasteiger partial charge is 0.416 e. The highest BCUT2D eigenvalue weighted by atomic mass is 32.1. The molecule has 5 nitrogen and oxygen atoms in total. The van der Waals surface area contributed by atoms with Gasteiger partial charge in [0.05, 0.1) is 11.3 Å². The van der Waals surface area contributed by atoms with Crippen LogP contribution in [0.25, 0.3) is 0 Å². The summed E-state index contributed by atoms with van der Waals surface area (Å²) < 4.78 is 38.9. The van der Waals surface area contributed by atoms with Crippen molar-refractivity contribution >= 4 is 36.1 Å². The molecule has 3 N–H and O–H groups in total. The van der Waals surface area contributed by atoms with Gasteiger partial charge in [0, 0.05) is 11.3 Å². The summed E-state index contributed by atoms with van der Waals surface area (Å²) in [7, 11) is 0. The number of alkyl halides is 3. The minimum absolute atomic E-state index is 0.0253. The summed E-state index contributed by atoms with van der Waals surface area (Å²) in [5.74, 6) is -0.624. The molecule has 0 aliphatic rings. The minimum atomic E-state index is -4.51. The molecular weight excluding hydrogens is 343 g/mol. The number of amides is 3.